The SMILES string of the molecule is Cc1ccc(-c2cc(C(=O)NCc3ccc(Cl)cc3Cl)cc(S(C)(O)O)c2)nc1. The molecule has 3 rings (SSSR count). The van der Waals surface area contributed by atoms with Crippen LogP contribution in [-0.4, -0.2) is 26.3 Å². The second kappa shape index (κ2) is 8.73. The van der Waals surface area contributed by atoms with Crippen LogP contribution in [0.2, 0.25) is 10.0 Å². The summed E-state index contributed by atoms with van der Waals surface area (Å²) in [6.07, 6.45) is 3.04. The second-order valence-electron chi connectivity index (χ2n) is 6.72. The first kappa shape index (κ1) is 21.6. The number of hydrogen-bond acceptors (Lipinski definition) is 4. The molecule has 0 aliphatic heterocycles. The number of carbonyl (C=O) groups is 1. The summed E-state index contributed by atoms with van der Waals surface area (Å²) >= 11 is 12.1. The van der Waals surface area contributed by atoms with Gasteiger partial charge in [-0.3, -0.25) is 18.9 Å². The molecule has 0 unspecified atom stereocenters. The van der Waals surface area contributed by atoms with Crippen molar-refractivity contribution in [1.29, 1.82) is 0 Å². The largest absolute Gasteiger partial charge is 0.348 e. The molecule has 3 aromatic rings. The molecule has 0 bridgehead atoms. The lowest BCUT2D eigenvalue weighted by Gasteiger charge is -2.28. The van der Waals surface area contributed by atoms with Crippen LogP contribution in [0.15, 0.2) is 59.6 Å². The van der Waals surface area contributed by atoms with Gasteiger partial charge in [0.1, 0.15) is 0 Å². The minimum absolute atomic E-state index is 0.208. The molecule has 8 heteroatoms. The first-order valence-electron chi connectivity index (χ1n) is 8.67. The van der Waals surface area contributed by atoms with Crippen molar-refractivity contribution in [3.8, 4) is 11.3 Å². The Morgan fingerprint density at radius 2 is 1.86 bits per heavy atom. The third-order valence-electron chi connectivity index (χ3n) is 4.28. The Kier molecular flexibility index (Phi) is 6.51. The molecule has 0 aliphatic carbocycles. The lowest BCUT2D eigenvalue weighted by atomic mass is 10.1. The van der Waals surface area contributed by atoms with E-state index in [4.69, 9.17) is 23.2 Å². The molecule has 1 heterocycles. The highest BCUT2D eigenvalue weighted by Gasteiger charge is 2.16. The zero-order valence-electron chi connectivity index (χ0n) is 15.8. The van der Waals surface area contributed by atoms with Gasteiger partial charge in [-0.05, 0) is 54.4 Å². The van der Waals surface area contributed by atoms with Crippen LogP contribution >= 0.6 is 33.8 Å². The normalized spacial score (nSPS) is 11.9. The van der Waals surface area contributed by atoms with Crippen molar-refractivity contribution in [3.63, 3.8) is 0 Å². The quantitative estimate of drug-likeness (QED) is 0.442. The van der Waals surface area contributed by atoms with E-state index in [9.17, 15) is 13.9 Å². The number of nitrogens with zero attached hydrogens (tertiary/aromatic N) is 1. The molecule has 0 radical (unpaired) electrons. The number of halogens is 2. The van der Waals surface area contributed by atoms with Gasteiger partial charge in [-0.25, -0.2) is 0 Å². The van der Waals surface area contributed by atoms with Crippen molar-refractivity contribution >= 4 is 39.7 Å². The number of hydrogen-bond donors (Lipinski definition) is 3. The Hall–Kier alpha value is -2.09. The molecule has 0 atom stereocenters. The van der Waals surface area contributed by atoms with Gasteiger partial charge < -0.3 is 5.32 Å². The molecular formula is C21H20Cl2N2O3S. The van der Waals surface area contributed by atoms with Crippen molar-refractivity contribution in [2.24, 2.45) is 0 Å². The Labute approximate surface area is 181 Å². The molecule has 0 fully saturated rings. The molecule has 0 saturated carbocycles. The number of amides is 1. The fourth-order valence-corrected chi connectivity index (χ4v) is 3.86. The monoisotopic (exact) mass is 450 g/mol. The number of nitrogens with one attached hydrogen (secondary N) is 1. The number of pyridine rings is 1. The van der Waals surface area contributed by atoms with Gasteiger partial charge >= 0.3 is 0 Å². The van der Waals surface area contributed by atoms with Gasteiger partial charge in [0.05, 0.1) is 10.6 Å². The number of carbonyl (C=O) groups excluding carboxylic acids is 1. The Bertz CT molecular complexity index is 1050. The topological polar surface area (TPSA) is 82.5 Å². The predicted octanol–water partition coefficient (Wildman–Crippen LogP) is 6.03. The molecule has 5 nitrogen and oxygen atoms in total. The number of aromatic nitrogens is 1. The maximum absolute atomic E-state index is 12.8. The van der Waals surface area contributed by atoms with E-state index in [0.29, 0.717) is 26.9 Å². The van der Waals surface area contributed by atoms with E-state index in [1.807, 2.05) is 19.1 Å². The third kappa shape index (κ3) is 5.50. The first-order valence-corrected chi connectivity index (χ1v) is 11.4. The van der Waals surface area contributed by atoms with E-state index >= 15 is 0 Å². The molecule has 152 valence electrons. The average Bonchev–Trinajstić information content (AvgIpc) is 2.66. The lowest BCUT2D eigenvalue weighted by Crippen LogP contribution is -2.23. The number of aryl methyl sites for hydroxylation is 1. The molecule has 0 aliphatic rings. The summed E-state index contributed by atoms with van der Waals surface area (Å²) in [5, 5.41) is 3.77. The zero-order chi connectivity index (χ0) is 21.2. The van der Waals surface area contributed by atoms with E-state index < -0.39 is 10.6 Å². The van der Waals surface area contributed by atoms with Gasteiger partial charge in [-0.1, -0.05) is 35.3 Å². The van der Waals surface area contributed by atoms with Gasteiger partial charge in [0.2, 0.25) is 0 Å². The molecule has 2 aromatic carbocycles. The Morgan fingerprint density at radius 3 is 2.48 bits per heavy atom. The maximum Gasteiger partial charge on any atom is 0.251 e. The zero-order valence-corrected chi connectivity index (χ0v) is 18.1. The van der Waals surface area contributed by atoms with Crippen LogP contribution in [0.5, 0.6) is 0 Å². The van der Waals surface area contributed by atoms with Gasteiger partial charge in [0.15, 0.2) is 0 Å². The van der Waals surface area contributed by atoms with E-state index in [1.54, 1.807) is 36.5 Å². The fraction of sp³-hybridized carbons (Fsp3) is 0.143. The average molecular weight is 451 g/mol. The van der Waals surface area contributed by atoms with Crippen molar-refractivity contribution < 1.29 is 13.9 Å². The van der Waals surface area contributed by atoms with Crippen molar-refractivity contribution in [3.05, 3.63) is 81.5 Å². The molecule has 1 aromatic heterocycles. The van der Waals surface area contributed by atoms with E-state index in [1.165, 1.54) is 12.3 Å². The van der Waals surface area contributed by atoms with Crippen molar-refractivity contribution in [1.82, 2.24) is 10.3 Å². The summed E-state index contributed by atoms with van der Waals surface area (Å²) in [5.41, 5.74) is 3.28. The Morgan fingerprint density at radius 1 is 1.10 bits per heavy atom. The van der Waals surface area contributed by atoms with Crippen LogP contribution < -0.4 is 5.32 Å². The summed E-state index contributed by atoms with van der Waals surface area (Å²) < 4.78 is 20.3. The number of rotatable bonds is 5. The lowest BCUT2D eigenvalue weighted by molar-refractivity contribution is 0.0950. The summed E-state index contributed by atoms with van der Waals surface area (Å²) in [5.74, 6) is -0.366. The molecule has 0 spiro atoms. The van der Waals surface area contributed by atoms with E-state index in [0.717, 1.165) is 11.1 Å². The van der Waals surface area contributed by atoms with Crippen LogP contribution in [0.1, 0.15) is 21.5 Å². The van der Waals surface area contributed by atoms with E-state index in [-0.39, 0.29) is 17.3 Å². The summed E-state index contributed by atoms with van der Waals surface area (Å²) in [6.45, 7) is 2.14. The predicted molar refractivity (Wildman–Crippen MR) is 119 cm³/mol. The van der Waals surface area contributed by atoms with E-state index in [2.05, 4.69) is 10.3 Å². The number of benzene rings is 2. The van der Waals surface area contributed by atoms with Gasteiger partial charge in [0, 0.05) is 40.2 Å². The first-order chi connectivity index (χ1) is 13.6. The minimum Gasteiger partial charge on any atom is -0.348 e. The highest BCUT2D eigenvalue weighted by Crippen LogP contribution is 2.45. The van der Waals surface area contributed by atoms with Crippen LogP contribution in [-0.2, 0) is 6.54 Å². The summed E-state index contributed by atoms with van der Waals surface area (Å²) in [7, 11) is -3.02. The van der Waals surface area contributed by atoms with Crippen LogP contribution in [0.4, 0.5) is 0 Å². The molecule has 3 N–H and O–H groups in total. The second-order valence-corrected chi connectivity index (χ2v) is 9.70. The standard InChI is InChI=1S/C21H20Cl2N2O3S/c1-13-3-6-20(24-11-13)15-7-16(9-18(8-15)29(2,27)28)21(26)25-12-14-4-5-17(22)10-19(14)23/h3-11,27-28H,12H2,1-2H3,(H,25,26). The van der Waals surface area contributed by atoms with Crippen molar-refractivity contribution in [2.45, 2.75) is 18.4 Å². The molecule has 1 amide bonds. The van der Waals surface area contributed by atoms with Crippen LogP contribution in [0, 0.1) is 6.92 Å². The molecule has 0 saturated heterocycles. The van der Waals surface area contributed by atoms with Crippen molar-refractivity contribution in [2.75, 3.05) is 6.26 Å². The maximum atomic E-state index is 12.8. The van der Waals surface area contributed by atoms with Crippen LogP contribution in [0.25, 0.3) is 11.3 Å². The van der Waals surface area contributed by atoms with Gasteiger partial charge in [-0.2, -0.15) is 10.6 Å². The highest BCUT2D eigenvalue weighted by atomic mass is 35.5. The summed E-state index contributed by atoms with van der Waals surface area (Å²) in [4.78, 5) is 17.4. The highest BCUT2D eigenvalue weighted by molar-refractivity contribution is 8.23. The van der Waals surface area contributed by atoms with Gasteiger partial charge in [-0.15, -0.1) is 0 Å². The van der Waals surface area contributed by atoms with Crippen LogP contribution in [0.3, 0.4) is 0 Å². The fourth-order valence-electron chi connectivity index (χ4n) is 2.68. The minimum atomic E-state index is -3.02. The summed E-state index contributed by atoms with van der Waals surface area (Å²) in [6, 6.07) is 13.6. The molecule has 29 heavy (non-hydrogen) atoms. The third-order valence-corrected chi connectivity index (χ3v) is 5.99. The van der Waals surface area contributed by atoms with Gasteiger partial charge in [0.25, 0.3) is 5.91 Å². The Balaban J connectivity index is 1.91. The smallest absolute Gasteiger partial charge is 0.251 e. The molecular weight excluding hydrogens is 431 g/mol.